The molecule has 3 rings (SSSR count). The second-order valence-electron chi connectivity index (χ2n) is 3.69. The van der Waals surface area contributed by atoms with Gasteiger partial charge < -0.3 is 4.42 Å². The van der Waals surface area contributed by atoms with Crippen LogP contribution in [0.2, 0.25) is 0 Å². The molecular formula is C13H8NO3S. The highest BCUT2D eigenvalue weighted by molar-refractivity contribution is 7.91. The molecule has 0 aliphatic rings. The van der Waals surface area contributed by atoms with Crippen molar-refractivity contribution in [3.8, 4) is 0 Å². The van der Waals surface area contributed by atoms with E-state index >= 15 is 0 Å². The van der Waals surface area contributed by atoms with E-state index in [9.17, 15) is 8.42 Å². The average Bonchev–Trinajstić information content (AvgIpc) is 2.84. The lowest BCUT2D eigenvalue weighted by Gasteiger charge is -1.98. The van der Waals surface area contributed by atoms with Crippen molar-refractivity contribution in [2.75, 3.05) is 0 Å². The Hall–Kier alpha value is -2.14. The quantitative estimate of drug-likeness (QED) is 0.708. The Balaban J connectivity index is 2.20. The zero-order chi connectivity index (χ0) is 12.6. The topological polar surface area (TPSA) is 60.2 Å². The molecule has 0 atom stereocenters. The highest BCUT2D eigenvalue weighted by Crippen LogP contribution is 2.25. The van der Waals surface area contributed by atoms with E-state index in [1.807, 2.05) is 0 Å². The van der Waals surface area contributed by atoms with Crippen molar-refractivity contribution >= 4 is 20.9 Å². The van der Waals surface area contributed by atoms with Crippen LogP contribution in [-0.2, 0) is 9.84 Å². The van der Waals surface area contributed by atoms with Gasteiger partial charge in [-0.05, 0) is 24.3 Å². The van der Waals surface area contributed by atoms with Gasteiger partial charge in [0.05, 0.1) is 11.0 Å². The second-order valence-corrected chi connectivity index (χ2v) is 5.54. The summed E-state index contributed by atoms with van der Waals surface area (Å²) in [5, 5.41) is 0.342. The van der Waals surface area contributed by atoms with Crippen molar-refractivity contribution < 1.29 is 12.8 Å². The third kappa shape index (κ3) is 1.69. The Bertz CT molecular complexity index is 758. The summed E-state index contributed by atoms with van der Waals surface area (Å²) < 4.78 is 29.7. The third-order valence-electron chi connectivity index (χ3n) is 2.49. The maximum atomic E-state index is 12.3. The number of aromatic nitrogens is 1. The molecule has 0 spiro atoms. The minimum Gasteiger partial charge on any atom is -0.425 e. The number of furan rings is 1. The maximum Gasteiger partial charge on any atom is 0.240 e. The molecule has 0 N–H and O–H groups in total. The van der Waals surface area contributed by atoms with Crippen molar-refractivity contribution in [2.24, 2.45) is 0 Å². The molecular weight excluding hydrogens is 250 g/mol. The molecule has 0 amide bonds. The summed E-state index contributed by atoms with van der Waals surface area (Å²) in [4.78, 5) is 4.13. The average molecular weight is 258 g/mol. The zero-order valence-corrected chi connectivity index (χ0v) is 10.0. The molecule has 2 aromatic heterocycles. The number of rotatable bonds is 2. The molecule has 3 aromatic rings. The predicted molar refractivity (Wildman–Crippen MR) is 64.7 cm³/mol. The summed E-state index contributed by atoms with van der Waals surface area (Å²) >= 11 is 0. The molecule has 18 heavy (non-hydrogen) atoms. The SMILES string of the molecule is O=S(=O)(c1ccccc1)c1[c]c2cccnc2o1. The van der Waals surface area contributed by atoms with Crippen LogP contribution in [0.5, 0.6) is 0 Å². The van der Waals surface area contributed by atoms with Gasteiger partial charge in [-0.25, -0.2) is 13.4 Å². The minimum absolute atomic E-state index is 0.181. The highest BCUT2D eigenvalue weighted by Gasteiger charge is 2.22. The molecule has 0 aliphatic carbocycles. The lowest BCUT2D eigenvalue weighted by atomic mass is 10.3. The molecule has 4 nitrogen and oxygen atoms in total. The summed E-state index contributed by atoms with van der Waals surface area (Å²) in [5.74, 6) is 0. The summed E-state index contributed by atoms with van der Waals surface area (Å²) in [6, 6.07) is 14.2. The standard InChI is InChI=1S/C13H8NO3S/c15-18(16,11-6-2-1-3-7-11)12-9-10-5-4-8-14-13(10)17-12/h1-8H. The molecule has 0 saturated heterocycles. The largest absolute Gasteiger partial charge is 0.425 e. The van der Waals surface area contributed by atoms with Crippen molar-refractivity contribution in [2.45, 2.75) is 9.99 Å². The van der Waals surface area contributed by atoms with Gasteiger partial charge in [-0.15, -0.1) is 0 Å². The molecule has 0 aliphatic heterocycles. The Morgan fingerprint density at radius 3 is 2.56 bits per heavy atom. The van der Waals surface area contributed by atoms with E-state index in [1.165, 1.54) is 12.1 Å². The Kier molecular flexibility index (Phi) is 2.41. The van der Waals surface area contributed by atoms with Crippen molar-refractivity contribution in [1.29, 1.82) is 0 Å². The number of hydrogen-bond donors (Lipinski definition) is 0. The summed E-state index contributed by atoms with van der Waals surface area (Å²) in [6.45, 7) is 0. The molecule has 1 radical (unpaired) electrons. The fourth-order valence-corrected chi connectivity index (χ4v) is 2.78. The number of hydrogen-bond acceptors (Lipinski definition) is 4. The van der Waals surface area contributed by atoms with E-state index in [-0.39, 0.29) is 15.7 Å². The molecule has 0 unspecified atom stereocenters. The molecule has 0 fully saturated rings. The molecule has 1 aromatic carbocycles. The smallest absolute Gasteiger partial charge is 0.240 e. The monoisotopic (exact) mass is 258 g/mol. The van der Waals surface area contributed by atoms with E-state index in [4.69, 9.17) is 4.42 Å². The molecule has 0 bridgehead atoms. The van der Waals surface area contributed by atoms with Gasteiger partial charge in [0.25, 0.3) is 0 Å². The van der Waals surface area contributed by atoms with Crippen LogP contribution in [0.15, 0.2) is 63.1 Å². The van der Waals surface area contributed by atoms with E-state index in [0.29, 0.717) is 5.39 Å². The Morgan fingerprint density at radius 2 is 1.83 bits per heavy atom. The van der Waals surface area contributed by atoms with Crippen LogP contribution in [0.3, 0.4) is 0 Å². The van der Waals surface area contributed by atoms with Gasteiger partial charge in [0.1, 0.15) is 0 Å². The fourth-order valence-electron chi connectivity index (χ4n) is 1.62. The predicted octanol–water partition coefficient (Wildman–Crippen LogP) is 2.46. The van der Waals surface area contributed by atoms with Crippen LogP contribution in [0.4, 0.5) is 0 Å². The number of sulfone groups is 1. The van der Waals surface area contributed by atoms with Crippen LogP contribution < -0.4 is 0 Å². The van der Waals surface area contributed by atoms with Gasteiger partial charge in [0, 0.05) is 11.6 Å². The normalized spacial score (nSPS) is 11.8. The molecule has 5 heteroatoms. The lowest BCUT2D eigenvalue weighted by Crippen LogP contribution is -1.99. The van der Waals surface area contributed by atoms with Gasteiger partial charge in [-0.2, -0.15) is 0 Å². The molecule has 0 saturated carbocycles. The van der Waals surface area contributed by atoms with Crippen LogP contribution >= 0.6 is 0 Å². The van der Waals surface area contributed by atoms with Crippen molar-refractivity contribution in [3.63, 3.8) is 0 Å². The van der Waals surface area contributed by atoms with Crippen LogP contribution in [0.1, 0.15) is 0 Å². The number of nitrogens with zero attached hydrogens (tertiary/aromatic N) is 1. The van der Waals surface area contributed by atoms with Gasteiger partial charge in [-0.3, -0.25) is 0 Å². The summed E-state index contributed by atoms with van der Waals surface area (Å²) in [7, 11) is -3.66. The first-order valence-corrected chi connectivity index (χ1v) is 6.73. The molecule has 2 heterocycles. The van der Waals surface area contributed by atoms with Gasteiger partial charge in [0.2, 0.25) is 20.6 Å². The Morgan fingerprint density at radius 1 is 1.06 bits per heavy atom. The van der Waals surface area contributed by atoms with E-state index < -0.39 is 9.84 Å². The van der Waals surface area contributed by atoms with Crippen LogP contribution in [0, 0.1) is 6.07 Å². The minimum atomic E-state index is -3.66. The number of fused-ring (bicyclic) bond motifs is 1. The van der Waals surface area contributed by atoms with E-state index in [1.54, 1.807) is 36.5 Å². The van der Waals surface area contributed by atoms with Gasteiger partial charge in [-0.1, -0.05) is 18.2 Å². The number of benzene rings is 1. The summed E-state index contributed by atoms with van der Waals surface area (Å²) in [5.41, 5.74) is 0.270. The first-order valence-electron chi connectivity index (χ1n) is 5.25. The third-order valence-corrected chi connectivity index (χ3v) is 4.06. The highest BCUT2D eigenvalue weighted by atomic mass is 32.2. The molecule has 89 valence electrons. The first kappa shape index (κ1) is 11.0. The van der Waals surface area contributed by atoms with E-state index in [0.717, 1.165) is 0 Å². The van der Waals surface area contributed by atoms with E-state index in [2.05, 4.69) is 11.1 Å². The zero-order valence-electron chi connectivity index (χ0n) is 9.20. The van der Waals surface area contributed by atoms with Crippen LogP contribution in [0.25, 0.3) is 11.1 Å². The summed E-state index contributed by atoms with van der Waals surface area (Å²) in [6.07, 6.45) is 1.54. The van der Waals surface area contributed by atoms with Gasteiger partial charge >= 0.3 is 0 Å². The second kappa shape index (κ2) is 3.96. The fraction of sp³-hybridized carbons (Fsp3) is 0. The van der Waals surface area contributed by atoms with Crippen LogP contribution in [-0.4, -0.2) is 13.4 Å². The first-order chi connectivity index (χ1) is 8.68. The van der Waals surface area contributed by atoms with Crippen molar-refractivity contribution in [1.82, 2.24) is 4.98 Å². The number of pyridine rings is 1. The van der Waals surface area contributed by atoms with Crippen molar-refractivity contribution in [3.05, 3.63) is 54.7 Å². The Labute approximate surface area is 104 Å². The lowest BCUT2D eigenvalue weighted by molar-refractivity contribution is 0.474. The maximum absolute atomic E-state index is 12.3. The van der Waals surface area contributed by atoms with Gasteiger partial charge in [0.15, 0.2) is 0 Å².